The van der Waals surface area contributed by atoms with E-state index in [2.05, 4.69) is 62.6 Å². The number of nitrogens with zero attached hydrogens (tertiary/aromatic N) is 1. The standard InChI is InChI=1S/C19H31NSSi/c1-16-10-12-17(13-11-16)20-19(14-15-22(2,3)4)21-18-8-6-5-7-9-18/h10-13,18H,5-9,14-15H2,1-4H3. The zero-order chi connectivity index (χ0) is 16.0. The zero-order valence-corrected chi connectivity index (χ0v) is 16.5. The number of rotatable bonds is 5. The van der Waals surface area contributed by atoms with Gasteiger partial charge >= 0.3 is 0 Å². The van der Waals surface area contributed by atoms with Crippen LogP contribution in [0.25, 0.3) is 0 Å². The minimum atomic E-state index is -1.01. The fourth-order valence-corrected chi connectivity index (χ4v) is 5.26. The van der Waals surface area contributed by atoms with Crippen molar-refractivity contribution in [3.63, 3.8) is 0 Å². The molecule has 0 unspecified atom stereocenters. The molecule has 1 fully saturated rings. The van der Waals surface area contributed by atoms with Crippen LogP contribution in [-0.4, -0.2) is 18.4 Å². The number of thioether (sulfide) groups is 1. The van der Waals surface area contributed by atoms with E-state index in [0.29, 0.717) is 0 Å². The predicted octanol–water partition coefficient (Wildman–Crippen LogP) is 6.82. The molecular formula is C19H31NSSi. The zero-order valence-electron chi connectivity index (χ0n) is 14.7. The van der Waals surface area contributed by atoms with Gasteiger partial charge in [0.2, 0.25) is 0 Å². The van der Waals surface area contributed by atoms with Gasteiger partial charge in [0.1, 0.15) is 0 Å². The second kappa shape index (κ2) is 8.35. The fraction of sp³-hybridized carbons (Fsp3) is 0.632. The molecule has 2 rings (SSSR count). The van der Waals surface area contributed by atoms with Gasteiger partial charge in [0.15, 0.2) is 0 Å². The van der Waals surface area contributed by atoms with Crippen molar-refractivity contribution in [2.75, 3.05) is 0 Å². The molecule has 0 aliphatic heterocycles. The van der Waals surface area contributed by atoms with E-state index in [0.717, 1.165) is 10.9 Å². The first-order valence-corrected chi connectivity index (χ1v) is 13.3. The maximum Gasteiger partial charge on any atom is 0.0738 e. The molecule has 1 nitrogen and oxygen atoms in total. The van der Waals surface area contributed by atoms with Crippen molar-refractivity contribution in [3.05, 3.63) is 29.8 Å². The monoisotopic (exact) mass is 333 g/mol. The van der Waals surface area contributed by atoms with Gasteiger partial charge in [0.05, 0.1) is 10.7 Å². The summed E-state index contributed by atoms with van der Waals surface area (Å²) in [5.41, 5.74) is 2.43. The van der Waals surface area contributed by atoms with Crippen molar-refractivity contribution < 1.29 is 0 Å². The normalized spacial score (nSPS) is 17.7. The van der Waals surface area contributed by atoms with Crippen LogP contribution in [0.15, 0.2) is 29.3 Å². The average Bonchev–Trinajstić information content (AvgIpc) is 2.47. The molecule has 0 amide bonds. The Hall–Kier alpha value is -0.543. The lowest BCUT2D eigenvalue weighted by atomic mass is 10.0. The Balaban J connectivity index is 2.07. The van der Waals surface area contributed by atoms with Crippen LogP contribution in [0.5, 0.6) is 0 Å². The lowest BCUT2D eigenvalue weighted by molar-refractivity contribution is 0.517. The third kappa shape index (κ3) is 6.70. The van der Waals surface area contributed by atoms with Gasteiger partial charge < -0.3 is 0 Å². The van der Waals surface area contributed by atoms with E-state index in [-0.39, 0.29) is 0 Å². The molecule has 1 aliphatic carbocycles. The first-order chi connectivity index (χ1) is 10.4. The minimum absolute atomic E-state index is 0.805. The highest BCUT2D eigenvalue weighted by atomic mass is 32.2. The van der Waals surface area contributed by atoms with Crippen molar-refractivity contribution in [2.45, 2.75) is 76.4 Å². The molecular weight excluding hydrogens is 302 g/mol. The average molecular weight is 334 g/mol. The molecule has 0 saturated heterocycles. The Bertz CT molecular complexity index is 481. The molecule has 1 aliphatic rings. The third-order valence-corrected chi connectivity index (χ3v) is 7.35. The highest BCUT2D eigenvalue weighted by Crippen LogP contribution is 2.32. The van der Waals surface area contributed by atoms with Crippen molar-refractivity contribution in [1.82, 2.24) is 0 Å². The number of aryl methyl sites for hydroxylation is 1. The molecule has 0 heterocycles. The van der Waals surface area contributed by atoms with Crippen molar-refractivity contribution in [3.8, 4) is 0 Å². The maximum atomic E-state index is 5.00. The number of hydrogen-bond donors (Lipinski definition) is 0. The van der Waals surface area contributed by atoms with Crippen LogP contribution in [0.3, 0.4) is 0 Å². The summed E-state index contributed by atoms with van der Waals surface area (Å²) >= 11 is 2.08. The van der Waals surface area contributed by atoms with E-state index in [4.69, 9.17) is 4.99 Å². The molecule has 3 heteroatoms. The van der Waals surface area contributed by atoms with Crippen LogP contribution in [0, 0.1) is 6.92 Å². The highest BCUT2D eigenvalue weighted by Gasteiger charge is 2.19. The predicted molar refractivity (Wildman–Crippen MR) is 106 cm³/mol. The van der Waals surface area contributed by atoms with Crippen LogP contribution in [0.4, 0.5) is 5.69 Å². The Morgan fingerprint density at radius 1 is 1.09 bits per heavy atom. The van der Waals surface area contributed by atoms with E-state index in [1.807, 2.05) is 0 Å². The number of hydrogen-bond acceptors (Lipinski definition) is 2. The summed E-state index contributed by atoms with van der Waals surface area (Å²) in [5, 5.41) is 2.18. The Labute approximate surface area is 142 Å². The molecule has 0 N–H and O–H groups in total. The van der Waals surface area contributed by atoms with Crippen LogP contribution in [-0.2, 0) is 0 Å². The lowest BCUT2D eigenvalue weighted by Crippen LogP contribution is -2.21. The fourth-order valence-electron chi connectivity index (χ4n) is 2.76. The molecule has 0 radical (unpaired) electrons. The van der Waals surface area contributed by atoms with Crippen molar-refractivity contribution in [1.29, 1.82) is 0 Å². The highest BCUT2D eigenvalue weighted by molar-refractivity contribution is 8.14. The minimum Gasteiger partial charge on any atom is -0.247 e. The molecule has 0 spiro atoms. The summed E-state index contributed by atoms with van der Waals surface area (Å²) in [6, 6.07) is 9.99. The summed E-state index contributed by atoms with van der Waals surface area (Å²) in [7, 11) is -1.01. The number of benzene rings is 1. The van der Waals surface area contributed by atoms with E-state index in [1.54, 1.807) is 0 Å². The van der Waals surface area contributed by atoms with Crippen molar-refractivity contribution >= 4 is 30.6 Å². The smallest absolute Gasteiger partial charge is 0.0738 e. The number of aliphatic imine (C=N–C) groups is 1. The Morgan fingerprint density at radius 2 is 1.73 bits per heavy atom. The van der Waals surface area contributed by atoms with Crippen molar-refractivity contribution in [2.24, 2.45) is 4.99 Å². The summed E-state index contributed by atoms with van der Waals surface area (Å²) in [6.07, 6.45) is 8.17. The summed E-state index contributed by atoms with van der Waals surface area (Å²) in [4.78, 5) is 5.00. The molecule has 0 atom stereocenters. The lowest BCUT2D eigenvalue weighted by Gasteiger charge is -2.23. The van der Waals surface area contributed by atoms with E-state index < -0.39 is 8.07 Å². The van der Waals surface area contributed by atoms with E-state index in [9.17, 15) is 0 Å². The second-order valence-electron chi connectivity index (χ2n) is 7.78. The van der Waals surface area contributed by atoms with Crippen LogP contribution >= 0.6 is 11.8 Å². The third-order valence-electron chi connectivity index (χ3n) is 4.23. The van der Waals surface area contributed by atoms with Crippen LogP contribution in [0.2, 0.25) is 25.7 Å². The molecule has 22 heavy (non-hydrogen) atoms. The van der Waals surface area contributed by atoms with E-state index >= 15 is 0 Å². The largest absolute Gasteiger partial charge is 0.247 e. The van der Waals surface area contributed by atoms with E-state index in [1.165, 1.54) is 55.2 Å². The Morgan fingerprint density at radius 3 is 2.32 bits per heavy atom. The molecule has 0 bridgehead atoms. The first kappa shape index (κ1) is 17.8. The van der Waals surface area contributed by atoms with Gasteiger partial charge in [-0.2, -0.15) is 0 Å². The van der Waals surface area contributed by atoms with Gasteiger partial charge in [-0.1, -0.05) is 62.6 Å². The van der Waals surface area contributed by atoms with Gasteiger partial charge in [0.25, 0.3) is 0 Å². The van der Waals surface area contributed by atoms with Gasteiger partial charge in [-0.25, -0.2) is 4.99 Å². The first-order valence-electron chi connectivity index (χ1n) is 8.73. The molecule has 122 valence electrons. The van der Waals surface area contributed by atoms with Gasteiger partial charge in [0, 0.05) is 13.3 Å². The second-order valence-corrected chi connectivity index (χ2v) is 14.8. The van der Waals surface area contributed by atoms with Gasteiger partial charge in [-0.05, 0) is 38.3 Å². The van der Waals surface area contributed by atoms with Crippen LogP contribution in [0.1, 0.15) is 44.1 Å². The Kier molecular flexibility index (Phi) is 6.76. The summed E-state index contributed by atoms with van der Waals surface area (Å²) in [6.45, 7) is 9.52. The van der Waals surface area contributed by atoms with Crippen LogP contribution < -0.4 is 0 Å². The molecule has 1 aromatic rings. The summed E-state index contributed by atoms with van der Waals surface area (Å²) < 4.78 is 0. The van der Waals surface area contributed by atoms with Gasteiger partial charge in [-0.15, -0.1) is 11.8 Å². The quantitative estimate of drug-likeness (QED) is 0.327. The summed E-state index contributed by atoms with van der Waals surface area (Å²) in [5.74, 6) is 0. The maximum absolute atomic E-state index is 5.00. The SMILES string of the molecule is Cc1ccc(N=C(CC[Si](C)(C)C)SC2CCCCC2)cc1. The topological polar surface area (TPSA) is 12.4 Å². The molecule has 0 aromatic heterocycles. The molecule has 1 aromatic carbocycles. The molecule has 1 saturated carbocycles. The van der Waals surface area contributed by atoms with Gasteiger partial charge in [-0.3, -0.25) is 0 Å².